The average molecular weight is 187 g/mol. The molecule has 1 unspecified atom stereocenters. The van der Waals surface area contributed by atoms with Crippen LogP contribution in [-0.2, 0) is 14.3 Å². The summed E-state index contributed by atoms with van der Waals surface area (Å²) in [5, 5.41) is 2.76. The van der Waals surface area contributed by atoms with Gasteiger partial charge < -0.3 is 14.8 Å². The molecule has 1 heterocycles. The second kappa shape index (κ2) is 5.94. The summed E-state index contributed by atoms with van der Waals surface area (Å²) in [6.07, 6.45) is 3.59. The molecule has 0 radical (unpaired) electrons. The Balaban J connectivity index is 2.06. The standard InChI is InChI=1S/C9H17NO3/c1-12-7-9(11)10-6-8-4-2-3-5-13-8/h8H,2-7H2,1H3,(H,10,11). The minimum Gasteiger partial charge on any atom is -0.376 e. The van der Waals surface area contributed by atoms with Crippen LogP contribution in [0.1, 0.15) is 19.3 Å². The third kappa shape index (κ3) is 4.24. The molecule has 0 aromatic carbocycles. The lowest BCUT2D eigenvalue weighted by atomic mass is 10.1. The molecule has 76 valence electrons. The molecule has 1 fully saturated rings. The van der Waals surface area contributed by atoms with Crippen LogP contribution in [0.25, 0.3) is 0 Å². The lowest BCUT2D eigenvalue weighted by molar-refractivity contribution is -0.125. The van der Waals surface area contributed by atoms with Gasteiger partial charge in [0, 0.05) is 20.3 Å². The first-order chi connectivity index (χ1) is 6.33. The monoisotopic (exact) mass is 187 g/mol. The quantitative estimate of drug-likeness (QED) is 0.689. The molecular formula is C9H17NO3. The number of methoxy groups -OCH3 is 1. The summed E-state index contributed by atoms with van der Waals surface area (Å²) < 4.78 is 10.1. The summed E-state index contributed by atoms with van der Waals surface area (Å²) in [6, 6.07) is 0. The van der Waals surface area contributed by atoms with Gasteiger partial charge in [0.2, 0.25) is 5.91 Å². The first kappa shape index (κ1) is 10.5. The Kier molecular flexibility index (Phi) is 4.78. The summed E-state index contributed by atoms with van der Waals surface area (Å²) >= 11 is 0. The van der Waals surface area contributed by atoms with Crippen molar-refractivity contribution >= 4 is 5.91 Å². The maximum atomic E-state index is 11.0. The van der Waals surface area contributed by atoms with Gasteiger partial charge in [-0.05, 0) is 19.3 Å². The maximum Gasteiger partial charge on any atom is 0.246 e. The number of rotatable bonds is 4. The molecule has 0 aromatic heterocycles. The average Bonchev–Trinajstić information content (AvgIpc) is 2.17. The van der Waals surface area contributed by atoms with Crippen LogP contribution in [0.15, 0.2) is 0 Å². The highest BCUT2D eigenvalue weighted by Crippen LogP contribution is 2.11. The number of hydrogen-bond acceptors (Lipinski definition) is 3. The van der Waals surface area contributed by atoms with E-state index in [1.807, 2.05) is 0 Å². The van der Waals surface area contributed by atoms with Crippen molar-refractivity contribution in [3.63, 3.8) is 0 Å². The largest absolute Gasteiger partial charge is 0.376 e. The van der Waals surface area contributed by atoms with E-state index in [1.165, 1.54) is 13.5 Å². The minimum absolute atomic E-state index is 0.0725. The van der Waals surface area contributed by atoms with Crippen LogP contribution in [0, 0.1) is 0 Å². The van der Waals surface area contributed by atoms with Crippen molar-refractivity contribution in [2.45, 2.75) is 25.4 Å². The fourth-order valence-corrected chi connectivity index (χ4v) is 1.38. The van der Waals surface area contributed by atoms with E-state index < -0.39 is 0 Å². The lowest BCUT2D eigenvalue weighted by Crippen LogP contribution is -2.37. The summed E-state index contributed by atoms with van der Waals surface area (Å²) in [5.41, 5.74) is 0. The summed E-state index contributed by atoms with van der Waals surface area (Å²) in [6.45, 7) is 1.57. The number of ether oxygens (including phenoxy) is 2. The SMILES string of the molecule is COCC(=O)NCC1CCCCO1. The highest BCUT2D eigenvalue weighted by molar-refractivity contribution is 5.77. The zero-order valence-electron chi connectivity index (χ0n) is 8.04. The van der Waals surface area contributed by atoms with Gasteiger partial charge in [-0.25, -0.2) is 0 Å². The number of carbonyl (C=O) groups is 1. The van der Waals surface area contributed by atoms with Gasteiger partial charge in [-0.3, -0.25) is 4.79 Å². The number of carbonyl (C=O) groups excluding carboxylic acids is 1. The molecule has 1 rings (SSSR count). The first-order valence-electron chi connectivity index (χ1n) is 4.70. The van der Waals surface area contributed by atoms with E-state index >= 15 is 0 Å². The molecule has 0 aliphatic carbocycles. The second-order valence-corrected chi connectivity index (χ2v) is 3.23. The van der Waals surface area contributed by atoms with E-state index in [4.69, 9.17) is 9.47 Å². The molecule has 1 aliphatic rings. The van der Waals surface area contributed by atoms with Gasteiger partial charge in [-0.15, -0.1) is 0 Å². The van der Waals surface area contributed by atoms with Crippen molar-refractivity contribution in [3.05, 3.63) is 0 Å². The van der Waals surface area contributed by atoms with Gasteiger partial charge in [0.25, 0.3) is 0 Å². The molecule has 4 heteroatoms. The predicted octanol–water partition coefficient (Wildman–Crippen LogP) is 0.318. The second-order valence-electron chi connectivity index (χ2n) is 3.23. The van der Waals surface area contributed by atoms with E-state index in [2.05, 4.69) is 5.32 Å². The summed E-state index contributed by atoms with van der Waals surface area (Å²) in [7, 11) is 1.51. The molecule has 1 N–H and O–H groups in total. The third-order valence-corrected chi connectivity index (χ3v) is 2.08. The van der Waals surface area contributed by atoms with Crippen LogP contribution in [0.5, 0.6) is 0 Å². The molecule has 1 atom stereocenters. The zero-order chi connectivity index (χ0) is 9.52. The molecule has 0 saturated carbocycles. The van der Waals surface area contributed by atoms with Gasteiger partial charge in [0.05, 0.1) is 6.10 Å². The third-order valence-electron chi connectivity index (χ3n) is 2.08. The topological polar surface area (TPSA) is 47.6 Å². The van der Waals surface area contributed by atoms with Gasteiger partial charge in [0.1, 0.15) is 6.61 Å². The zero-order valence-corrected chi connectivity index (χ0v) is 8.04. The Morgan fingerprint density at radius 1 is 1.62 bits per heavy atom. The summed E-state index contributed by atoms with van der Waals surface area (Å²) in [5.74, 6) is -0.0725. The predicted molar refractivity (Wildman–Crippen MR) is 48.5 cm³/mol. The molecule has 0 spiro atoms. The molecule has 13 heavy (non-hydrogen) atoms. The fraction of sp³-hybridized carbons (Fsp3) is 0.889. The number of amides is 1. The molecule has 0 aromatic rings. The molecule has 1 saturated heterocycles. The molecule has 4 nitrogen and oxygen atoms in total. The fourth-order valence-electron chi connectivity index (χ4n) is 1.38. The molecule has 1 aliphatic heterocycles. The molecule has 1 amide bonds. The normalized spacial score (nSPS) is 22.7. The van der Waals surface area contributed by atoms with E-state index in [0.29, 0.717) is 6.54 Å². The van der Waals surface area contributed by atoms with Gasteiger partial charge in [-0.1, -0.05) is 0 Å². The number of hydrogen-bond donors (Lipinski definition) is 1. The van der Waals surface area contributed by atoms with Crippen molar-refractivity contribution in [1.82, 2.24) is 5.32 Å². The van der Waals surface area contributed by atoms with Crippen molar-refractivity contribution in [2.75, 3.05) is 26.9 Å². The Morgan fingerprint density at radius 3 is 3.08 bits per heavy atom. The molecular weight excluding hydrogens is 170 g/mol. The van der Waals surface area contributed by atoms with Crippen LogP contribution in [0.2, 0.25) is 0 Å². The van der Waals surface area contributed by atoms with E-state index in [1.54, 1.807) is 0 Å². The summed E-state index contributed by atoms with van der Waals surface area (Å²) in [4.78, 5) is 11.0. The van der Waals surface area contributed by atoms with Crippen LogP contribution >= 0.6 is 0 Å². The Labute approximate surface area is 78.6 Å². The van der Waals surface area contributed by atoms with Gasteiger partial charge >= 0.3 is 0 Å². The maximum absolute atomic E-state index is 11.0. The van der Waals surface area contributed by atoms with Crippen LogP contribution in [0.4, 0.5) is 0 Å². The van der Waals surface area contributed by atoms with Crippen LogP contribution < -0.4 is 5.32 Å². The number of nitrogens with one attached hydrogen (secondary N) is 1. The van der Waals surface area contributed by atoms with E-state index in [-0.39, 0.29) is 18.6 Å². The van der Waals surface area contributed by atoms with Gasteiger partial charge in [-0.2, -0.15) is 0 Å². The van der Waals surface area contributed by atoms with Gasteiger partial charge in [0.15, 0.2) is 0 Å². The Hall–Kier alpha value is -0.610. The first-order valence-corrected chi connectivity index (χ1v) is 4.70. The van der Waals surface area contributed by atoms with E-state index in [0.717, 1.165) is 19.4 Å². The highest BCUT2D eigenvalue weighted by Gasteiger charge is 2.14. The highest BCUT2D eigenvalue weighted by atomic mass is 16.5. The Morgan fingerprint density at radius 2 is 2.46 bits per heavy atom. The minimum atomic E-state index is -0.0725. The van der Waals surface area contributed by atoms with Crippen molar-refractivity contribution < 1.29 is 14.3 Å². The molecule has 0 bridgehead atoms. The Bertz CT molecular complexity index is 155. The smallest absolute Gasteiger partial charge is 0.246 e. The van der Waals surface area contributed by atoms with Crippen molar-refractivity contribution in [3.8, 4) is 0 Å². The lowest BCUT2D eigenvalue weighted by Gasteiger charge is -2.22. The van der Waals surface area contributed by atoms with Crippen LogP contribution in [0.3, 0.4) is 0 Å². The van der Waals surface area contributed by atoms with Crippen molar-refractivity contribution in [1.29, 1.82) is 0 Å². The van der Waals surface area contributed by atoms with E-state index in [9.17, 15) is 4.79 Å². The van der Waals surface area contributed by atoms with Crippen molar-refractivity contribution in [2.24, 2.45) is 0 Å². The van der Waals surface area contributed by atoms with Crippen LogP contribution in [-0.4, -0.2) is 38.9 Å².